The maximum Gasteiger partial charge on any atom is 0.275 e. The summed E-state index contributed by atoms with van der Waals surface area (Å²) in [7, 11) is 1.98. The molecular formula is C19H21FN6O2. The van der Waals surface area contributed by atoms with Crippen LogP contribution in [0, 0.1) is 12.7 Å². The number of aryl methyl sites for hydroxylation is 1. The summed E-state index contributed by atoms with van der Waals surface area (Å²) in [5, 5.41) is 5.95. The van der Waals surface area contributed by atoms with E-state index < -0.39 is 11.7 Å². The summed E-state index contributed by atoms with van der Waals surface area (Å²) in [5.41, 5.74) is 0.832. The van der Waals surface area contributed by atoms with E-state index in [2.05, 4.69) is 30.5 Å². The number of amides is 1. The number of aromatic nitrogens is 3. The number of carbonyl (C=O) groups excluding carboxylic acids is 1. The fraction of sp³-hybridized carbons (Fsp3) is 0.368. The molecule has 9 heteroatoms. The lowest BCUT2D eigenvalue weighted by Gasteiger charge is -2.32. The van der Waals surface area contributed by atoms with Crippen LogP contribution < -0.4 is 15.5 Å². The Balaban J connectivity index is 1.47. The Hall–Kier alpha value is -3.07. The number of halogens is 1. The highest BCUT2D eigenvalue weighted by Crippen LogP contribution is 2.24. The summed E-state index contributed by atoms with van der Waals surface area (Å²) >= 11 is 0. The van der Waals surface area contributed by atoms with Crippen molar-refractivity contribution in [3.63, 3.8) is 0 Å². The second-order valence-electron chi connectivity index (χ2n) is 6.84. The number of nitrogens with one attached hydrogen (secondary N) is 2. The summed E-state index contributed by atoms with van der Waals surface area (Å²) < 4.78 is 19.5. The van der Waals surface area contributed by atoms with Gasteiger partial charge in [-0.2, -0.15) is 0 Å². The second kappa shape index (κ2) is 7.51. The number of anilines is 2. The highest BCUT2D eigenvalue weighted by atomic mass is 19.1. The SMILES string of the molecule is Cc1nc2c(F)cc(NC(=O)c3cnc(N(C)C4CCNCC4)cn3)cc2o1. The third-order valence-corrected chi connectivity index (χ3v) is 4.90. The van der Waals surface area contributed by atoms with Crippen molar-refractivity contribution in [3.05, 3.63) is 41.9 Å². The lowest BCUT2D eigenvalue weighted by molar-refractivity contribution is 0.102. The molecule has 1 fully saturated rings. The van der Waals surface area contributed by atoms with E-state index in [4.69, 9.17) is 4.42 Å². The van der Waals surface area contributed by atoms with E-state index in [1.807, 2.05) is 7.05 Å². The van der Waals surface area contributed by atoms with Gasteiger partial charge in [0.05, 0.1) is 12.4 Å². The standard InChI is InChI=1S/C19H21FN6O2/c1-11-24-18-14(20)7-12(8-16(18)28-11)25-19(27)15-9-23-17(10-22-15)26(2)13-3-5-21-6-4-13/h7-10,13,21H,3-6H2,1-2H3,(H,25,27). The fourth-order valence-electron chi connectivity index (χ4n) is 3.37. The first-order valence-electron chi connectivity index (χ1n) is 9.15. The topological polar surface area (TPSA) is 96.2 Å². The van der Waals surface area contributed by atoms with Crippen LogP contribution in [-0.2, 0) is 0 Å². The van der Waals surface area contributed by atoms with Crippen LogP contribution in [0.5, 0.6) is 0 Å². The maximum absolute atomic E-state index is 14.1. The van der Waals surface area contributed by atoms with Crippen molar-refractivity contribution < 1.29 is 13.6 Å². The van der Waals surface area contributed by atoms with Gasteiger partial charge in [0.15, 0.2) is 17.3 Å². The van der Waals surface area contributed by atoms with E-state index in [0.29, 0.717) is 17.8 Å². The number of fused-ring (bicyclic) bond motifs is 1. The van der Waals surface area contributed by atoms with Crippen molar-refractivity contribution in [2.45, 2.75) is 25.8 Å². The van der Waals surface area contributed by atoms with Crippen molar-refractivity contribution in [2.24, 2.45) is 0 Å². The zero-order valence-corrected chi connectivity index (χ0v) is 15.7. The molecule has 3 heterocycles. The first kappa shape index (κ1) is 18.3. The number of benzene rings is 1. The number of oxazole rings is 1. The second-order valence-corrected chi connectivity index (χ2v) is 6.84. The Bertz CT molecular complexity index is 998. The minimum Gasteiger partial charge on any atom is -0.441 e. The van der Waals surface area contributed by atoms with Crippen molar-refractivity contribution in [2.75, 3.05) is 30.4 Å². The molecule has 2 aromatic heterocycles. The van der Waals surface area contributed by atoms with Crippen LogP contribution in [0.3, 0.4) is 0 Å². The lowest BCUT2D eigenvalue weighted by atomic mass is 10.1. The Kier molecular flexibility index (Phi) is 4.91. The van der Waals surface area contributed by atoms with Gasteiger partial charge in [0, 0.05) is 31.8 Å². The molecule has 2 N–H and O–H groups in total. The number of hydrogen-bond donors (Lipinski definition) is 2. The molecule has 0 unspecified atom stereocenters. The maximum atomic E-state index is 14.1. The summed E-state index contributed by atoms with van der Waals surface area (Å²) in [6.07, 6.45) is 5.08. The average molecular weight is 384 g/mol. The molecule has 28 heavy (non-hydrogen) atoms. The Morgan fingerprint density at radius 3 is 2.79 bits per heavy atom. The van der Waals surface area contributed by atoms with Crippen molar-refractivity contribution >= 4 is 28.5 Å². The van der Waals surface area contributed by atoms with Gasteiger partial charge in [-0.15, -0.1) is 0 Å². The minimum atomic E-state index is -0.560. The molecule has 146 valence electrons. The molecule has 0 saturated carbocycles. The van der Waals surface area contributed by atoms with Gasteiger partial charge in [0.25, 0.3) is 5.91 Å². The summed E-state index contributed by atoms with van der Waals surface area (Å²) in [5.74, 6) is 0.0398. The van der Waals surface area contributed by atoms with Crippen LogP contribution in [0.25, 0.3) is 11.1 Å². The van der Waals surface area contributed by atoms with E-state index in [9.17, 15) is 9.18 Å². The van der Waals surface area contributed by atoms with E-state index in [0.717, 1.165) is 25.9 Å². The first-order valence-corrected chi connectivity index (χ1v) is 9.15. The van der Waals surface area contributed by atoms with Crippen molar-refractivity contribution in [1.82, 2.24) is 20.3 Å². The zero-order valence-electron chi connectivity index (χ0n) is 15.7. The molecule has 8 nitrogen and oxygen atoms in total. The molecule has 0 bridgehead atoms. The van der Waals surface area contributed by atoms with Crippen LogP contribution >= 0.6 is 0 Å². The Labute approximate surface area is 161 Å². The predicted molar refractivity (Wildman–Crippen MR) is 103 cm³/mol. The van der Waals surface area contributed by atoms with Gasteiger partial charge in [-0.05, 0) is 32.0 Å². The zero-order chi connectivity index (χ0) is 19.7. The van der Waals surface area contributed by atoms with E-state index in [1.165, 1.54) is 18.3 Å². The molecule has 0 spiro atoms. The van der Waals surface area contributed by atoms with Crippen molar-refractivity contribution in [1.29, 1.82) is 0 Å². The lowest BCUT2D eigenvalue weighted by Crippen LogP contribution is -2.41. The molecule has 0 aliphatic carbocycles. The minimum absolute atomic E-state index is 0.139. The highest BCUT2D eigenvalue weighted by molar-refractivity contribution is 6.03. The molecule has 1 amide bonds. The highest BCUT2D eigenvalue weighted by Gasteiger charge is 2.20. The molecule has 1 aliphatic rings. The Morgan fingerprint density at radius 2 is 2.07 bits per heavy atom. The van der Waals surface area contributed by atoms with E-state index >= 15 is 0 Å². The number of carbonyl (C=O) groups is 1. The smallest absolute Gasteiger partial charge is 0.275 e. The third-order valence-electron chi connectivity index (χ3n) is 4.90. The number of rotatable bonds is 4. The molecule has 3 aromatic rings. The predicted octanol–water partition coefficient (Wildman–Crippen LogP) is 2.51. The number of piperidine rings is 1. The molecule has 1 aromatic carbocycles. The van der Waals surface area contributed by atoms with Gasteiger partial charge >= 0.3 is 0 Å². The van der Waals surface area contributed by atoms with Crippen LogP contribution in [0.1, 0.15) is 29.2 Å². The van der Waals surface area contributed by atoms with Gasteiger partial charge in [-0.1, -0.05) is 0 Å². The molecule has 0 atom stereocenters. The van der Waals surface area contributed by atoms with Crippen LogP contribution in [-0.4, -0.2) is 47.0 Å². The molecule has 1 saturated heterocycles. The summed E-state index contributed by atoms with van der Waals surface area (Å²) in [6.45, 7) is 3.60. The fourth-order valence-corrected chi connectivity index (χ4v) is 3.37. The van der Waals surface area contributed by atoms with Gasteiger partial charge in [0.1, 0.15) is 17.0 Å². The van der Waals surface area contributed by atoms with E-state index in [-0.39, 0.29) is 22.5 Å². The van der Waals surface area contributed by atoms with Gasteiger partial charge in [0.2, 0.25) is 0 Å². The largest absolute Gasteiger partial charge is 0.441 e. The Morgan fingerprint density at radius 1 is 1.29 bits per heavy atom. The molecule has 1 aliphatic heterocycles. The summed E-state index contributed by atoms with van der Waals surface area (Å²) in [6, 6.07) is 3.13. The summed E-state index contributed by atoms with van der Waals surface area (Å²) in [4.78, 5) is 27.1. The molecule has 0 radical (unpaired) electrons. The number of nitrogens with zero attached hydrogens (tertiary/aromatic N) is 4. The quantitative estimate of drug-likeness (QED) is 0.713. The third kappa shape index (κ3) is 3.65. The monoisotopic (exact) mass is 384 g/mol. The van der Waals surface area contributed by atoms with E-state index in [1.54, 1.807) is 13.1 Å². The average Bonchev–Trinajstić information content (AvgIpc) is 3.09. The van der Waals surface area contributed by atoms with Crippen LogP contribution in [0.2, 0.25) is 0 Å². The normalized spacial score (nSPS) is 15.0. The number of hydrogen-bond acceptors (Lipinski definition) is 7. The van der Waals surface area contributed by atoms with Gasteiger partial charge < -0.3 is 20.0 Å². The first-order chi connectivity index (χ1) is 13.5. The van der Waals surface area contributed by atoms with Gasteiger partial charge in [-0.25, -0.2) is 19.3 Å². The molecular weight excluding hydrogens is 363 g/mol. The molecule has 4 rings (SSSR count). The van der Waals surface area contributed by atoms with Crippen molar-refractivity contribution in [3.8, 4) is 0 Å². The van der Waals surface area contributed by atoms with Gasteiger partial charge in [-0.3, -0.25) is 4.79 Å². The van der Waals surface area contributed by atoms with Crippen LogP contribution in [0.4, 0.5) is 15.9 Å². The van der Waals surface area contributed by atoms with Crippen LogP contribution in [0.15, 0.2) is 28.9 Å².